The normalized spacial score (nSPS) is 13.8. The summed E-state index contributed by atoms with van der Waals surface area (Å²) in [6.07, 6.45) is -4.48. The van der Waals surface area contributed by atoms with Crippen molar-refractivity contribution in [2.75, 3.05) is 6.61 Å². The summed E-state index contributed by atoms with van der Waals surface area (Å²) >= 11 is 0. The number of benzene rings is 1. The summed E-state index contributed by atoms with van der Waals surface area (Å²) < 4.78 is 43.3. The highest BCUT2D eigenvalue weighted by molar-refractivity contribution is 5.85. The lowest BCUT2D eigenvalue weighted by Gasteiger charge is -2.18. The highest BCUT2D eigenvalue weighted by atomic mass is 35.5. The van der Waals surface area contributed by atoms with Crippen LogP contribution in [0.2, 0.25) is 0 Å². The molecule has 8 heteroatoms. The molecule has 1 aromatic rings. The van der Waals surface area contributed by atoms with Crippen LogP contribution in [0.3, 0.4) is 0 Å². The Morgan fingerprint density at radius 2 is 1.90 bits per heavy atom. The number of hydrogen-bond donors (Lipinski definition) is 2. The molecule has 21 heavy (non-hydrogen) atoms. The lowest BCUT2D eigenvalue weighted by atomic mass is 10.2. The largest absolute Gasteiger partial charge is 0.491 e. The van der Waals surface area contributed by atoms with Crippen molar-refractivity contribution >= 4 is 18.3 Å². The van der Waals surface area contributed by atoms with Gasteiger partial charge in [0.05, 0.1) is 17.6 Å². The van der Waals surface area contributed by atoms with Gasteiger partial charge in [-0.25, -0.2) is 0 Å². The van der Waals surface area contributed by atoms with E-state index in [1.54, 1.807) is 6.92 Å². The van der Waals surface area contributed by atoms with Crippen LogP contribution >= 0.6 is 12.4 Å². The average Bonchev–Trinajstić information content (AvgIpc) is 2.35. The first kappa shape index (κ1) is 19.5. The summed E-state index contributed by atoms with van der Waals surface area (Å²) in [6.45, 7) is 3.06. The molecule has 3 N–H and O–H groups in total. The summed E-state index contributed by atoms with van der Waals surface area (Å²) in [4.78, 5) is 11.3. The number of para-hydroxylation sites is 1. The first-order valence-corrected chi connectivity index (χ1v) is 6.06. The topological polar surface area (TPSA) is 64.3 Å². The zero-order valence-corrected chi connectivity index (χ0v) is 12.4. The molecule has 120 valence electrons. The third-order valence-corrected chi connectivity index (χ3v) is 2.48. The maximum absolute atomic E-state index is 12.7. The summed E-state index contributed by atoms with van der Waals surface area (Å²) in [5, 5.41) is 2.54. The molecule has 1 unspecified atom stereocenters. The highest BCUT2D eigenvalue weighted by Crippen LogP contribution is 2.35. The Morgan fingerprint density at radius 1 is 1.33 bits per heavy atom. The predicted octanol–water partition coefficient (Wildman–Crippen LogP) is 2.36. The van der Waals surface area contributed by atoms with E-state index in [2.05, 4.69) is 5.32 Å². The van der Waals surface area contributed by atoms with E-state index in [1.165, 1.54) is 25.1 Å². The Labute approximate surface area is 127 Å². The fraction of sp³-hybridized carbons (Fsp3) is 0.462. The third-order valence-electron chi connectivity index (χ3n) is 2.48. The van der Waals surface area contributed by atoms with Crippen LogP contribution in [-0.2, 0) is 11.0 Å². The summed E-state index contributed by atoms with van der Waals surface area (Å²) in [5.41, 5.74) is 4.53. The number of rotatable bonds is 5. The third kappa shape index (κ3) is 6.22. The Kier molecular flexibility index (Phi) is 7.52. The monoisotopic (exact) mass is 326 g/mol. The molecule has 0 heterocycles. The van der Waals surface area contributed by atoms with Crippen LogP contribution < -0.4 is 15.8 Å². The fourth-order valence-electron chi connectivity index (χ4n) is 1.46. The van der Waals surface area contributed by atoms with E-state index >= 15 is 0 Å². The average molecular weight is 327 g/mol. The van der Waals surface area contributed by atoms with E-state index in [4.69, 9.17) is 10.5 Å². The second-order valence-electron chi connectivity index (χ2n) is 4.50. The lowest BCUT2D eigenvalue weighted by molar-refractivity contribution is -0.139. The van der Waals surface area contributed by atoms with Gasteiger partial charge in [-0.3, -0.25) is 4.79 Å². The minimum atomic E-state index is -4.48. The van der Waals surface area contributed by atoms with Crippen molar-refractivity contribution in [2.45, 2.75) is 32.1 Å². The van der Waals surface area contributed by atoms with E-state index in [-0.39, 0.29) is 30.7 Å². The van der Waals surface area contributed by atoms with Crippen LogP contribution in [0.25, 0.3) is 0 Å². The van der Waals surface area contributed by atoms with Gasteiger partial charge in [-0.1, -0.05) is 12.1 Å². The zero-order valence-electron chi connectivity index (χ0n) is 11.6. The van der Waals surface area contributed by atoms with E-state index < -0.39 is 23.8 Å². The maximum atomic E-state index is 12.7. The van der Waals surface area contributed by atoms with Crippen molar-refractivity contribution in [1.82, 2.24) is 5.32 Å². The second kappa shape index (κ2) is 8.09. The van der Waals surface area contributed by atoms with Gasteiger partial charge in [0, 0.05) is 0 Å². The summed E-state index contributed by atoms with van der Waals surface area (Å²) in [5.74, 6) is -0.646. The number of nitrogens with two attached hydrogens (primary N) is 1. The molecule has 2 atom stereocenters. The number of hydrogen-bond acceptors (Lipinski definition) is 3. The van der Waals surface area contributed by atoms with Crippen LogP contribution in [-0.4, -0.2) is 24.6 Å². The van der Waals surface area contributed by atoms with Crippen LogP contribution in [0.1, 0.15) is 19.4 Å². The van der Waals surface area contributed by atoms with Crippen LogP contribution in [0, 0.1) is 0 Å². The maximum Gasteiger partial charge on any atom is 0.419 e. The van der Waals surface area contributed by atoms with Gasteiger partial charge in [-0.2, -0.15) is 13.2 Å². The molecule has 0 saturated heterocycles. The first-order chi connectivity index (χ1) is 9.21. The minimum Gasteiger partial charge on any atom is -0.491 e. The SMILES string of the molecule is CC(COc1ccccc1C(F)(F)F)NC(=O)[C@H](C)N.Cl. The molecule has 1 aromatic carbocycles. The van der Waals surface area contributed by atoms with Gasteiger partial charge in [-0.15, -0.1) is 12.4 Å². The van der Waals surface area contributed by atoms with Crippen LogP contribution in [0.5, 0.6) is 5.75 Å². The summed E-state index contributed by atoms with van der Waals surface area (Å²) in [6, 6.07) is 3.80. The molecule has 1 amide bonds. The molecular weight excluding hydrogens is 309 g/mol. The lowest BCUT2D eigenvalue weighted by Crippen LogP contribution is -2.44. The molecule has 4 nitrogen and oxygen atoms in total. The molecule has 0 saturated carbocycles. The van der Waals surface area contributed by atoms with Crippen molar-refractivity contribution in [2.24, 2.45) is 5.73 Å². The van der Waals surface area contributed by atoms with Gasteiger partial charge in [0.15, 0.2) is 0 Å². The summed E-state index contributed by atoms with van der Waals surface area (Å²) in [7, 11) is 0. The van der Waals surface area contributed by atoms with Crippen molar-refractivity contribution in [3.8, 4) is 5.75 Å². The molecule has 0 spiro atoms. The van der Waals surface area contributed by atoms with E-state index in [9.17, 15) is 18.0 Å². The first-order valence-electron chi connectivity index (χ1n) is 6.06. The van der Waals surface area contributed by atoms with Gasteiger partial charge in [0.2, 0.25) is 5.91 Å². The quantitative estimate of drug-likeness (QED) is 0.873. The Hall–Kier alpha value is -1.47. The second-order valence-corrected chi connectivity index (χ2v) is 4.50. The van der Waals surface area contributed by atoms with Gasteiger partial charge in [0.25, 0.3) is 0 Å². The standard InChI is InChI=1S/C13H17F3N2O2.ClH/c1-8(18-12(19)9(2)17)7-20-11-6-4-3-5-10(11)13(14,15)16;/h3-6,8-9H,7,17H2,1-2H3,(H,18,19);1H/t8?,9-;/m0./s1. The predicted molar refractivity (Wildman–Crippen MR) is 75.4 cm³/mol. The molecule has 0 bridgehead atoms. The molecule has 0 aliphatic heterocycles. The van der Waals surface area contributed by atoms with Crippen molar-refractivity contribution < 1.29 is 22.7 Å². The number of carbonyl (C=O) groups excluding carboxylic acids is 1. The minimum absolute atomic E-state index is 0. The molecule has 0 aliphatic rings. The van der Waals surface area contributed by atoms with Gasteiger partial charge in [0.1, 0.15) is 12.4 Å². The Balaban J connectivity index is 0.00000400. The molecule has 0 aliphatic carbocycles. The smallest absolute Gasteiger partial charge is 0.419 e. The Morgan fingerprint density at radius 3 is 2.43 bits per heavy atom. The number of ether oxygens (including phenoxy) is 1. The number of carbonyl (C=O) groups is 1. The van der Waals surface area contributed by atoms with E-state index in [0.29, 0.717) is 0 Å². The van der Waals surface area contributed by atoms with E-state index in [1.807, 2.05) is 0 Å². The van der Waals surface area contributed by atoms with Crippen LogP contribution in [0.15, 0.2) is 24.3 Å². The highest BCUT2D eigenvalue weighted by Gasteiger charge is 2.34. The molecular formula is C13H18ClF3N2O2. The molecule has 1 rings (SSSR count). The molecule has 0 fully saturated rings. The van der Waals surface area contributed by atoms with Crippen molar-refractivity contribution in [1.29, 1.82) is 0 Å². The molecule has 0 aromatic heterocycles. The fourth-order valence-corrected chi connectivity index (χ4v) is 1.46. The van der Waals surface area contributed by atoms with Crippen molar-refractivity contribution in [3.05, 3.63) is 29.8 Å². The van der Waals surface area contributed by atoms with Gasteiger partial charge in [-0.05, 0) is 26.0 Å². The van der Waals surface area contributed by atoms with Crippen molar-refractivity contribution in [3.63, 3.8) is 0 Å². The zero-order chi connectivity index (χ0) is 15.3. The Bertz CT molecular complexity index is 467. The number of nitrogens with one attached hydrogen (secondary N) is 1. The number of alkyl halides is 3. The van der Waals surface area contributed by atoms with Crippen LogP contribution in [0.4, 0.5) is 13.2 Å². The van der Waals surface area contributed by atoms with E-state index in [0.717, 1.165) is 6.07 Å². The van der Waals surface area contributed by atoms with Gasteiger partial charge >= 0.3 is 6.18 Å². The molecule has 0 radical (unpaired) electrons. The number of amides is 1. The van der Waals surface area contributed by atoms with Gasteiger partial charge < -0.3 is 15.8 Å². The number of halogens is 4.